The Morgan fingerprint density at radius 1 is 0.745 bits per heavy atom. The number of carboxylic acid groups (broad SMARTS) is 2. The Morgan fingerprint density at radius 2 is 1.45 bits per heavy atom. The number of anilines is 1. The summed E-state index contributed by atoms with van der Waals surface area (Å²) < 4.78 is 6.29. The predicted octanol–water partition coefficient (Wildman–Crippen LogP) is 3.53. The fourth-order valence-corrected chi connectivity index (χ4v) is 14.7. The molecule has 0 saturated carbocycles. The lowest BCUT2D eigenvalue weighted by Gasteiger charge is -2.31. The molecule has 15 N–H and O–H groups in total. The molecule has 2 unspecified atom stereocenters. The van der Waals surface area contributed by atoms with Crippen molar-refractivity contribution in [3.63, 3.8) is 0 Å². The van der Waals surface area contributed by atoms with Crippen molar-refractivity contribution >= 4 is 126 Å². The first kappa shape index (κ1) is 75.9. The number of carbonyl (C=O) groups excluding carboxylic acids is 9. The van der Waals surface area contributed by atoms with Gasteiger partial charge < -0.3 is 87.7 Å². The average molecular weight is 1550 g/mol. The Morgan fingerprint density at radius 3 is 2.17 bits per heavy atom. The number of phenols is 2. The molecule has 0 radical (unpaired) electrons. The molecule has 4 heterocycles. The molecular weight excluding hydrogens is 1480 g/mol. The van der Waals surface area contributed by atoms with Gasteiger partial charge in [-0.3, -0.25) is 47.9 Å². The van der Waals surface area contributed by atoms with Gasteiger partial charge in [-0.1, -0.05) is 77.9 Å². The topological polar surface area (TPSA) is 459 Å². The second-order valence-corrected chi connectivity index (χ2v) is 28.7. The number of urea groups is 1. The molecule has 2 saturated heterocycles. The number of aliphatic hydroxyl groups is 1. The molecule has 10 amide bonds. The number of aliphatic carboxylic acids is 1. The Labute approximate surface area is 604 Å². The first-order valence-electron chi connectivity index (χ1n) is 32.3. The maximum absolute atomic E-state index is 15.2. The van der Waals surface area contributed by atoms with Crippen LogP contribution in [0.1, 0.15) is 73.6 Å². The van der Waals surface area contributed by atoms with E-state index in [1.165, 1.54) is 90.0 Å². The van der Waals surface area contributed by atoms with Crippen LogP contribution in [-0.2, 0) is 62.4 Å². The number of nitrogens with zero attached hydrogens (tertiary/aromatic N) is 2. The van der Waals surface area contributed by atoms with Crippen LogP contribution in [0.4, 0.5) is 10.5 Å². The number of aromatic amines is 1. The molecule has 3 aliphatic heterocycles. The minimum absolute atomic E-state index is 0.0490. The largest absolute Gasteiger partial charge is 0.508 e. The van der Waals surface area contributed by atoms with Gasteiger partial charge >= 0.3 is 18.0 Å². The molecule has 1 aromatic heterocycles. The standard InChI is InChI=1S/C69H75IN12O18S2/c1-34(2)19-48-61(90)74-35(3)31-101-102-32-53(67(96)82-30-42(85)25-54(82)66(95)80-50(22-37-9-16-55(86)47(70)20-37)63(92)79-52(28-59(88)89)65(94)77-48)81-64(93)51(24-39-29-71-33-73-39)78-62(91)49(21-36-7-5-4-6-8-36)76-58(87)17-18-72-69(99)75-38-10-13-43(46(23-38)68(97)98)60-44-14-11-40(83)26-56(44)100-57-27-41(84)12-15-45(57)60/h4-16,20,23,26-27,29,33-35,42,48-54,83,85-86H,17-19,21-22,24-25,28,30-32H2,1-3H3,(H,71,73)(H,74,90)(H,76,87)(H,77,94)(H,78,91)(H,79,92)(H,80,95)(H,81,93)(H,88,89)(H,97,98)(H2,72,75,99)/t35?,42?,48-,49-,50-,51-,52-,53-,54-/m0/s1. The van der Waals surface area contributed by atoms with Crippen LogP contribution in [0.2, 0.25) is 0 Å². The predicted molar refractivity (Wildman–Crippen MR) is 384 cm³/mol. The number of amides is 10. The Balaban J connectivity index is 0.929. The maximum atomic E-state index is 15.2. The number of aromatic carboxylic acids is 1. The van der Waals surface area contributed by atoms with Crippen molar-refractivity contribution in [2.24, 2.45) is 5.92 Å². The number of aromatic hydroxyl groups is 2. The smallest absolute Gasteiger partial charge is 0.336 e. The van der Waals surface area contributed by atoms with Gasteiger partial charge in [-0.2, -0.15) is 0 Å². The van der Waals surface area contributed by atoms with Crippen LogP contribution in [0, 0.1) is 9.49 Å². The molecule has 9 rings (SSSR count). The summed E-state index contributed by atoms with van der Waals surface area (Å²) in [5.41, 5.74) is 1.92. The van der Waals surface area contributed by atoms with Gasteiger partial charge in [0, 0.05) is 109 Å². The fraction of sp³-hybridized carbons (Fsp3) is 0.348. The van der Waals surface area contributed by atoms with E-state index in [-0.39, 0.29) is 101 Å². The number of hydrogen-bond acceptors (Lipinski definition) is 19. The summed E-state index contributed by atoms with van der Waals surface area (Å²) in [5, 5.41) is 76.4. The van der Waals surface area contributed by atoms with Crippen LogP contribution in [0.3, 0.4) is 0 Å². The molecule has 30 nitrogen and oxygen atoms in total. The normalized spacial score (nSPS) is 20.0. The number of aromatic nitrogens is 2. The van der Waals surface area contributed by atoms with Crippen LogP contribution in [-0.4, -0.2) is 185 Å². The van der Waals surface area contributed by atoms with Crippen LogP contribution in [0.5, 0.6) is 11.5 Å². The number of halogens is 1. The number of benzene rings is 5. The van der Waals surface area contributed by atoms with Crippen molar-refractivity contribution in [2.75, 3.05) is 29.9 Å². The molecule has 4 aromatic carbocycles. The molecule has 5 aromatic rings. The minimum atomic E-state index is -1.77. The van der Waals surface area contributed by atoms with Crippen molar-refractivity contribution in [2.45, 2.75) is 120 Å². The van der Waals surface area contributed by atoms with E-state index in [0.717, 1.165) is 15.7 Å². The number of nitrogens with one attached hydrogen (secondary N) is 10. The maximum Gasteiger partial charge on any atom is 0.336 e. The van der Waals surface area contributed by atoms with Gasteiger partial charge in [0.2, 0.25) is 47.3 Å². The molecule has 4 aliphatic rings. The Bertz CT molecular complexity index is 4320. The number of phenolic OH excluding ortho intramolecular Hbond substituents is 2. The third kappa shape index (κ3) is 20.5. The number of hydrogen-bond donors (Lipinski definition) is 15. The molecule has 102 heavy (non-hydrogen) atoms. The van der Waals surface area contributed by atoms with Gasteiger partial charge in [0.15, 0.2) is 5.43 Å². The molecule has 0 bridgehead atoms. The van der Waals surface area contributed by atoms with E-state index in [4.69, 9.17) is 4.42 Å². The number of fused-ring (bicyclic) bond motifs is 3. The highest BCUT2D eigenvalue weighted by Gasteiger charge is 2.44. The summed E-state index contributed by atoms with van der Waals surface area (Å²) in [6.07, 6.45) is -0.827. The fourth-order valence-electron chi connectivity index (χ4n) is 11.7. The zero-order chi connectivity index (χ0) is 73.5. The summed E-state index contributed by atoms with van der Waals surface area (Å²) >= 11 is 1.85. The lowest BCUT2D eigenvalue weighted by atomic mass is 9.90. The van der Waals surface area contributed by atoms with Gasteiger partial charge in [-0.25, -0.2) is 14.6 Å². The molecule has 538 valence electrons. The highest BCUT2D eigenvalue weighted by atomic mass is 127. The average Bonchev–Trinajstić information content (AvgIpc) is 0.875. The highest BCUT2D eigenvalue weighted by Crippen LogP contribution is 2.42. The van der Waals surface area contributed by atoms with Gasteiger partial charge in [0.1, 0.15) is 65.1 Å². The van der Waals surface area contributed by atoms with E-state index >= 15 is 4.79 Å². The lowest BCUT2D eigenvalue weighted by molar-refractivity contribution is -0.142. The zero-order valence-electron chi connectivity index (χ0n) is 55.2. The van der Waals surface area contributed by atoms with Crippen molar-refractivity contribution < 1.29 is 82.7 Å². The van der Waals surface area contributed by atoms with E-state index in [9.17, 15) is 78.3 Å². The molecule has 33 heteroatoms. The van der Waals surface area contributed by atoms with Crippen molar-refractivity contribution in [3.05, 3.63) is 152 Å². The number of rotatable bonds is 21. The molecule has 9 atom stereocenters. The van der Waals surface area contributed by atoms with E-state index in [1.807, 2.05) is 22.6 Å². The second-order valence-electron chi connectivity index (χ2n) is 25.0. The van der Waals surface area contributed by atoms with E-state index in [0.29, 0.717) is 36.9 Å². The highest BCUT2D eigenvalue weighted by molar-refractivity contribution is 14.1. The molecule has 1 aliphatic carbocycles. The van der Waals surface area contributed by atoms with Gasteiger partial charge in [-0.05, 0) is 107 Å². The van der Waals surface area contributed by atoms with Crippen LogP contribution < -0.4 is 53.3 Å². The number of imidazole rings is 1. The number of aliphatic hydroxyl groups excluding tert-OH is 1. The van der Waals surface area contributed by atoms with Crippen LogP contribution in [0.15, 0.2) is 125 Å². The first-order valence-corrected chi connectivity index (χ1v) is 35.9. The SMILES string of the molecule is CC(C)C[C@@H]1NC(=O)[C@H](CC(=O)O)NC(=O)[C@H](Cc2ccc(O)c(I)c2)NC(=O)[C@@H]2CC(O)CN2C(=O)[C@@H](NC(=O)[C@H](Cc2cnc[nH]2)NC(=O)[C@H](Cc2ccccc2)NC(=O)CCNC(=O)Nc2ccc(-c3c4ccc(=O)cc-4oc4cc(O)ccc34)c(C(=O)O)c2)CSSCC(C)NC1=O. The zero-order valence-corrected chi connectivity index (χ0v) is 58.9. The monoisotopic (exact) mass is 1550 g/mol. The summed E-state index contributed by atoms with van der Waals surface area (Å²) in [6.45, 7) is 4.55. The number of carboxylic acids is 2. The van der Waals surface area contributed by atoms with Crippen molar-refractivity contribution in [3.8, 4) is 33.9 Å². The Hall–Kier alpha value is -10.3. The molecular formula is C69H75IN12O18S2. The molecule has 0 spiro atoms. The van der Waals surface area contributed by atoms with Gasteiger partial charge in [-0.15, -0.1) is 0 Å². The third-order valence-electron chi connectivity index (χ3n) is 16.6. The van der Waals surface area contributed by atoms with Crippen LogP contribution >= 0.6 is 44.2 Å². The summed E-state index contributed by atoms with van der Waals surface area (Å²) in [7, 11) is 2.29. The summed E-state index contributed by atoms with van der Waals surface area (Å²) in [5.74, 6) is -10.1. The first-order chi connectivity index (χ1) is 48.7. The Kier molecular flexibility index (Phi) is 26.0. The number of H-pyrrole nitrogens is 1. The van der Waals surface area contributed by atoms with Crippen molar-refractivity contribution in [1.29, 1.82) is 0 Å². The third-order valence-corrected chi connectivity index (χ3v) is 20.0. The van der Waals surface area contributed by atoms with E-state index in [1.54, 1.807) is 57.2 Å². The van der Waals surface area contributed by atoms with Crippen LogP contribution in [0.25, 0.3) is 33.4 Å². The van der Waals surface area contributed by atoms with Gasteiger partial charge in [0.25, 0.3) is 0 Å². The van der Waals surface area contributed by atoms with E-state index < -0.39 is 139 Å². The van der Waals surface area contributed by atoms with E-state index in [2.05, 4.69) is 57.8 Å². The second kappa shape index (κ2) is 34.9. The summed E-state index contributed by atoms with van der Waals surface area (Å²) in [6, 6.07) is 13.4. The summed E-state index contributed by atoms with van der Waals surface area (Å²) in [4.78, 5) is 175. The van der Waals surface area contributed by atoms with Crippen molar-refractivity contribution in [1.82, 2.24) is 57.4 Å². The minimum Gasteiger partial charge on any atom is -0.508 e. The lowest BCUT2D eigenvalue weighted by Crippen LogP contribution is -2.61. The van der Waals surface area contributed by atoms with Gasteiger partial charge in [0.05, 0.1) is 28.0 Å². The molecule has 2 fully saturated rings. The number of carbonyl (C=O) groups is 11. The quantitative estimate of drug-likeness (QED) is 0.0278.